The summed E-state index contributed by atoms with van der Waals surface area (Å²) in [7, 11) is 0. The minimum absolute atomic E-state index is 0.00914. The van der Waals surface area contributed by atoms with Crippen molar-refractivity contribution in [2.75, 3.05) is 0 Å². The molecule has 1 N–H and O–H groups in total. The van der Waals surface area contributed by atoms with Crippen LogP contribution in [-0.4, -0.2) is 28.8 Å². The number of hydrogen-bond acceptors (Lipinski definition) is 3. The fourth-order valence-corrected chi connectivity index (χ4v) is 1.47. The standard InChI is InChI=1S/C9H12N2O3/c1-9(2)6(12)10-8(14)11(7(9)13)5-3-4-5/h5H,3-4H2,1-2H3,(H,10,12,14). The molecule has 0 radical (unpaired) electrons. The van der Waals surface area contributed by atoms with E-state index >= 15 is 0 Å². The lowest BCUT2D eigenvalue weighted by molar-refractivity contribution is -0.149. The molecule has 1 saturated carbocycles. The average Bonchev–Trinajstić information content (AvgIpc) is 2.86. The zero-order valence-corrected chi connectivity index (χ0v) is 8.16. The summed E-state index contributed by atoms with van der Waals surface area (Å²) in [4.78, 5) is 35.7. The smallest absolute Gasteiger partial charge is 0.277 e. The van der Waals surface area contributed by atoms with Crippen LogP contribution in [0.2, 0.25) is 0 Å². The molecule has 0 aromatic heterocycles. The number of nitrogens with one attached hydrogen (secondary N) is 1. The second-order valence-corrected chi connectivity index (χ2v) is 4.29. The van der Waals surface area contributed by atoms with E-state index < -0.39 is 17.4 Å². The van der Waals surface area contributed by atoms with Gasteiger partial charge >= 0.3 is 6.03 Å². The van der Waals surface area contributed by atoms with E-state index in [0.717, 1.165) is 12.8 Å². The molecule has 2 fully saturated rings. The Balaban J connectivity index is 2.31. The summed E-state index contributed by atoms with van der Waals surface area (Å²) in [5.74, 6) is -0.891. The molecule has 0 bridgehead atoms. The highest BCUT2D eigenvalue weighted by atomic mass is 16.2. The van der Waals surface area contributed by atoms with Gasteiger partial charge in [-0.2, -0.15) is 0 Å². The van der Waals surface area contributed by atoms with Gasteiger partial charge in [0, 0.05) is 6.04 Å². The van der Waals surface area contributed by atoms with Gasteiger partial charge in [-0.25, -0.2) is 4.79 Å². The summed E-state index contributed by atoms with van der Waals surface area (Å²) in [6.07, 6.45) is 1.70. The summed E-state index contributed by atoms with van der Waals surface area (Å²) >= 11 is 0. The molecule has 2 rings (SSSR count). The predicted octanol–water partition coefficient (Wildman–Crippen LogP) is 0.253. The Labute approximate surface area is 81.4 Å². The fourth-order valence-electron chi connectivity index (χ4n) is 1.47. The van der Waals surface area contributed by atoms with Crippen molar-refractivity contribution >= 4 is 17.8 Å². The third-order valence-electron chi connectivity index (χ3n) is 2.67. The molecule has 1 saturated heterocycles. The van der Waals surface area contributed by atoms with Crippen molar-refractivity contribution in [3.8, 4) is 0 Å². The molecule has 0 unspecified atom stereocenters. The van der Waals surface area contributed by atoms with Crippen LogP contribution in [0.15, 0.2) is 0 Å². The Kier molecular flexibility index (Phi) is 1.68. The molecule has 1 heterocycles. The molecule has 2 aliphatic rings. The van der Waals surface area contributed by atoms with Gasteiger partial charge in [0.25, 0.3) is 0 Å². The van der Waals surface area contributed by atoms with Gasteiger partial charge in [0.2, 0.25) is 11.8 Å². The van der Waals surface area contributed by atoms with Crippen molar-refractivity contribution < 1.29 is 14.4 Å². The highest BCUT2D eigenvalue weighted by Gasteiger charge is 2.51. The monoisotopic (exact) mass is 196 g/mol. The van der Waals surface area contributed by atoms with Crippen molar-refractivity contribution in [2.45, 2.75) is 32.7 Å². The summed E-state index contributed by atoms with van der Waals surface area (Å²) in [5, 5.41) is 2.20. The molecule has 5 nitrogen and oxygen atoms in total. The highest BCUT2D eigenvalue weighted by Crippen LogP contribution is 2.33. The first-order chi connectivity index (χ1) is 6.44. The number of carbonyl (C=O) groups excluding carboxylic acids is 3. The quantitative estimate of drug-likeness (QED) is 0.611. The van der Waals surface area contributed by atoms with Crippen LogP contribution in [0, 0.1) is 5.41 Å². The van der Waals surface area contributed by atoms with Gasteiger partial charge in [-0.05, 0) is 26.7 Å². The van der Waals surface area contributed by atoms with Gasteiger partial charge in [-0.15, -0.1) is 0 Å². The number of amides is 4. The van der Waals surface area contributed by atoms with Crippen LogP contribution in [-0.2, 0) is 9.59 Å². The van der Waals surface area contributed by atoms with Crippen LogP contribution in [0.25, 0.3) is 0 Å². The largest absolute Gasteiger partial charge is 0.331 e. The fraction of sp³-hybridized carbons (Fsp3) is 0.667. The maximum Gasteiger partial charge on any atom is 0.331 e. The summed E-state index contributed by atoms with van der Waals surface area (Å²) < 4.78 is 0. The highest BCUT2D eigenvalue weighted by molar-refractivity contribution is 6.18. The van der Waals surface area contributed by atoms with E-state index in [2.05, 4.69) is 5.32 Å². The Hall–Kier alpha value is -1.39. The van der Waals surface area contributed by atoms with Gasteiger partial charge in [0.05, 0.1) is 0 Å². The van der Waals surface area contributed by atoms with E-state index in [1.54, 1.807) is 0 Å². The summed E-state index contributed by atoms with van der Waals surface area (Å²) in [6.45, 7) is 3.07. The van der Waals surface area contributed by atoms with E-state index in [1.165, 1.54) is 18.7 Å². The average molecular weight is 196 g/mol. The van der Waals surface area contributed by atoms with Gasteiger partial charge in [-0.3, -0.25) is 19.8 Å². The normalized spacial score (nSPS) is 26.4. The molecule has 1 aliphatic carbocycles. The lowest BCUT2D eigenvalue weighted by Gasteiger charge is -2.34. The number of urea groups is 1. The Morgan fingerprint density at radius 3 is 2.36 bits per heavy atom. The van der Waals surface area contributed by atoms with E-state index in [4.69, 9.17) is 0 Å². The van der Waals surface area contributed by atoms with Crippen molar-refractivity contribution in [1.82, 2.24) is 10.2 Å². The lowest BCUT2D eigenvalue weighted by atomic mass is 9.89. The van der Waals surface area contributed by atoms with Crippen LogP contribution in [0.5, 0.6) is 0 Å². The SMILES string of the molecule is CC1(C)C(=O)NC(=O)N(C2CC2)C1=O. The van der Waals surface area contributed by atoms with E-state index in [1.807, 2.05) is 0 Å². The van der Waals surface area contributed by atoms with Gasteiger partial charge < -0.3 is 0 Å². The minimum Gasteiger partial charge on any atom is -0.277 e. The molecule has 0 spiro atoms. The van der Waals surface area contributed by atoms with Crippen LogP contribution >= 0.6 is 0 Å². The van der Waals surface area contributed by atoms with E-state index in [9.17, 15) is 14.4 Å². The van der Waals surface area contributed by atoms with E-state index in [0.29, 0.717) is 0 Å². The van der Waals surface area contributed by atoms with Crippen molar-refractivity contribution in [2.24, 2.45) is 5.41 Å². The van der Waals surface area contributed by atoms with Gasteiger partial charge in [0.1, 0.15) is 5.41 Å². The first-order valence-corrected chi connectivity index (χ1v) is 4.63. The first-order valence-electron chi connectivity index (χ1n) is 4.63. The first kappa shape index (κ1) is 9.18. The maximum atomic E-state index is 11.8. The third kappa shape index (κ3) is 1.12. The molecule has 1 aliphatic heterocycles. The molecule has 0 aromatic rings. The van der Waals surface area contributed by atoms with Crippen molar-refractivity contribution in [3.05, 3.63) is 0 Å². The molecule has 0 aromatic carbocycles. The van der Waals surface area contributed by atoms with Crippen LogP contribution in [0.3, 0.4) is 0 Å². The Bertz CT molecular complexity index is 331. The number of hydrogen-bond donors (Lipinski definition) is 1. The number of imide groups is 2. The molecule has 76 valence electrons. The Morgan fingerprint density at radius 2 is 1.86 bits per heavy atom. The van der Waals surface area contributed by atoms with Gasteiger partial charge in [0.15, 0.2) is 0 Å². The number of barbiturate groups is 1. The topological polar surface area (TPSA) is 66.5 Å². The molecule has 4 amide bonds. The maximum absolute atomic E-state index is 11.8. The number of nitrogens with zero attached hydrogens (tertiary/aromatic N) is 1. The zero-order chi connectivity index (χ0) is 10.5. The second kappa shape index (κ2) is 2.56. The Morgan fingerprint density at radius 1 is 1.29 bits per heavy atom. The van der Waals surface area contributed by atoms with Crippen molar-refractivity contribution in [1.29, 1.82) is 0 Å². The second-order valence-electron chi connectivity index (χ2n) is 4.29. The molecule has 0 atom stereocenters. The summed E-state index contributed by atoms with van der Waals surface area (Å²) in [5.41, 5.74) is -1.11. The van der Waals surface area contributed by atoms with Crippen molar-refractivity contribution in [3.63, 3.8) is 0 Å². The molecular weight excluding hydrogens is 184 g/mol. The zero-order valence-electron chi connectivity index (χ0n) is 8.16. The van der Waals surface area contributed by atoms with Crippen LogP contribution in [0.4, 0.5) is 4.79 Å². The molecule has 5 heteroatoms. The molecule has 14 heavy (non-hydrogen) atoms. The van der Waals surface area contributed by atoms with Gasteiger partial charge in [-0.1, -0.05) is 0 Å². The van der Waals surface area contributed by atoms with E-state index in [-0.39, 0.29) is 11.9 Å². The number of rotatable bonds is 1. The minimum atomic E-state index is -1.11. The van der Waals surface area contributed by atoms with Crippen LogP contribution in [0.1, 0.15) is 26.7 Å². The summed E-state index contributed by atoms with van der Waals surface area (Å²) in [6, 6.07) is -0.559. The van der Waals surface area contributed by atoms with Crippen LogP contribution < -0.4 is 5.32 Å². The third-order valence-corrected chi connectivity index (χ3v) is 2.67. The predicted molar refractivity (Wildman–Crippen MR) is 47.2 cm³/mol. The lowest BCUT2D eigenvalue weighted by Crippen LogP contribution is -2.62. The number of carbonyl (C=O) groups is 3. The molecular formula is C9H12N2O3.